The highest BCUT2D eigenvalue weighted by Gasteiger charge is 2.46. The van der Waals surface area contributed by atoms with Crippen LogP contribution in [0.2, 0.25) is 0 Å². The van der Waals surface area contributed by atoms with E-state index in [1.165, 1.54) is 12.0 Å². The van der Waals surface area contributed by atoms with E-state index in [2.05, 4.69) is 0 Å². The van der Waals surface area contributed by atoms with Gasteiger partial charge in [-0.1, -0.05) is 0 Å². The Bertz CT molecular complexity index is 243. The quantitative estimate of drug-likeness (QED) is 0.752. The summed E-state index contributed by atoms with van der Waals surface area (Å²) < 4.78 is 42.2. The first-order chi connectivity index (χ1) is 7.70. The van der Waals surface area contributed by atoms with Gasteiger partial charge in [0.2, 0.25) is 0 Å². The summed E-state index contributed by atoms with van der Waals surface area (Å²) in [4.78, 5) is 12.0. The van der Waals surface area contributed by atoms with E-state index in [1.54, 1.807) is 13.8 Å². The first-order valence-electron chi connectivity index (χ1n) is 5.22. The largest absolute Gasteiger partial charge is 0.481 e. The van der Waals surface area contributed by atoms with Crippen LogP contribution in [0.4, 0.5) is 13.2 Å². The van der Waals surface area contributed by atoms with E-state index in [0.717, 1.165) is 0 Å². The van der Waals surface area contributed by atoms with E-state index in [-0.39, 0.29) is 19.2 Å². The summed E-state index contributed by atoms with van der Waals surface area (Å²) in [7, 11) is 1.44. The zero-order valence-electron chi connectivity index (χ0n) is 10.1. The van der Waals surface area contributed by atoms with Crippen LogP contribution in [0.1, 0.15) is 13.8 Å². The minimum Gasteiger partial charge on any atom is -0.481 e. The summed E-state index contributed by atoms with van der Waals surface area (Å²) in [5.41, 5.74) is 0. The lowest BCUT2D eigenvalue weighted by molar-refractivity contribution is -0.197. The Morgan fingerprint density at radius 2 is 1.94 bits per heavy atom. The minimum absolute atomic E-state index is 0.172. The van der Waals surface area contributed by atoms with Gasteiger partial charge in [-0.3, -0.25) is 9.69 Å². The topological polar surface area (TPSA) is 49.8 Å². The molecule has 0 bridgehead atoms. The molecule has 0 fully saturated rings. The van der Waals surface area contributed by atoms with Gasteiger partial charge in [0.25, 0.3) is 0 Å². The van der Waals surface area contributed by atoms with Crippen molar-refractivity contribution in [2.45, 2.75) is 26.1 Å². The monoisotopic (exact) mass is 257 g/mol. The number of halogens is 3. The molecule has 0 aliphatic carbocycles. The summed E-state index contributed by atoms with van der Waals surface area (Å²) in [5.74, 6) is -4.21. The van der Waals surface area contributed by atoms with Gasteiger partial charge in [0.05, 0.1) is 6.61 Å². The molecule has 0 rings (SSSR count). The normalized spacial score (nSPS) is 14.4. The van der Waals surface area contributed by atoms with Gasteiger partial charge >= 0.3 is 12.1 Å². The first-order valence-corrected chi connectivity index (χ1v) is 5.22. The molecule has 0 radical (unpaired) electrons. The number of carboxylic acid groups (broad SMARTS) is 1. The Labute approximate surface area is 98.3 Å². The molecule has 1 unspecified atom stereocenters. The zero-order chi connectivity index (χ0) is 13.6. The molecule has 0 aliphatic heterocycles. The van der Waals surface area contributed by atoms with Crippen molar-refractivity contribution in [2.75, 3.05) is 26.8 Å². The van der Waals surface area contributed by atoms with Gasteiger partial charge < -0.3 is 9.84 Å². The zero-order valence-corrected chi connectivity index (χ0v) is 10.1. The van der Waals surface area contributed by atoms with Crippen LogP contribution in [-0.2, 0) is 9.53 Å². The van der Waals surface area contributed by atoms with Gasteiger partial charge in [-0.15, -0.1) is 0 Å². The number of carbonyl (C=O) groups is 1. The van der Waals surface area contributed by atoms with Crippen molar-refractivity contribution in [1.82, 2.24) is 4.90 Å². The van der Waals surface area contributed by atoms with E-state index in [0.29, 0.717) is 0 Å². The van der Waals surface area contributed by atoms with Crippen molar-refractivity contribution >= 4 is 5.97 Å². The van der Waals surface area contributed by atoms with Crippen LogP contribution in [0.5, 0.6) is 0 Å². The van der Waals surface area contributed by atoms with Crippen LogP contribution in [0.15, 0.2) is 0 Å². The molecule has 0 saturated heterocycles. The van der Waals surface area contributed by atoms with Crippen molar-refractivity contribution < 1.29 is 27.8 Å². The maximum atomic E-state index is 12.5. The number of hydrogen-bond donors (Lipinski definition) is 1. The highest BCUT2D eigenvalue weighted by atomic mass is 19.4. The Morgan fingerprint density at radius 1 is 1.41 bits per heavy atom. The molecule has 0 saturated carbocycles. The standard InChI is InChI=1S/C10H18F3NO3/c1-7(2)14(4-5-17-3)6-8(9(15)16)10(11,12)13/h7-8H,4-6H2,1-3H3,(H,15,16). The Hall–Kier alpha value is -0.820. The molecule has 0 spiro atoms. The molecule has 4 nitrogen and oxygen atoms in total. The predicted molar refractivity (Wildman–Crippen MR) is 55.8 cm³/mol. The molecule has 17 heavy (non-hydrogen) atoms. The highest BCUT2D eigenvalue weighted by Crippen LogP contribution is 2.27. The van der Waals surface area contributed by atoms with Crippen molar-refractivity contribution in [3.8, 4) is 0 Å². The third-order valence-electron chi connectivity index (χ3n) is 2.42. The summed E-state index contributed by atoms with van der Waals surface area (Å²) in [5, 5.41) is 8.59. The maximum Gasteiger partial charge on any atom is 0.403 e. The van der Waals surface area contributed by atoms with Crippen LogP contribution < -0.4 is 0 Å². The number of hydrogen-bond acceptors (Lipinski definition) is 3. The SMILES string of the molecule is COCCN(CC(C(=O)O)C(F)(F)F)C(C)C. The lowest BCUT2D eigenvalue weighted by atomic mass is 10.1. The van der Waals surface area contributed by atoms with Crippen LogP contribution in [0, 0.1) is 5.92 Å². The van der Waals surface area contributed by atoms with Crippen LogP contribution in [-0.4, -0.2) is 55.0 Å². The van der Waals surface area contributed by atoms with Gasteiger partial charge in [-0.05, 0) is 13.8 Å². The second-order valence-corrected chi connectivity index (χ2v) is 4.01. The lowest BCUT2D eigenvalue weighted by Gasteiger charge is -2.29. The number of aliphatic carboxylic acids is 1. The van der Waals surface area contributed by atoms with Crippen molar-refractivity contribution in [1.29, 1.82) is 0 Å². The predicted octanol–water partition coefficient (Wildman–Crippen LogP) is 1.61. The molecule has 0 aliphatic rings. The molecule has 0 aromatic rings. The fourth-order valence-corrected chi connectivity index (χ4v) is 1.32. The number of rotatable bonds is 7. The first kappa shape index (κ1) is 16.2. The average molecular weight is 257 g/mol. The second-order valence-electron chi connectivity index (χ2n) is 4.01. The smallest absolute Gasteiger partial charge is 0.403 e. The highest BCUT2D eigenvalue weighted by molar-refractivity contribution is 5.71. The van der Waals surface area contributed by atoms with Crippen molar-refractivity contribution in [3.05, 3.63) is 0 Å². The van der Waals surface area contributed by atoms with Crippen LogP contribution in [0.3, 0.4) is 0 Å². The number of carboxylic acids is 1. The Morgan fingerprint density at radius 3 is 2.24 bits per heavy atom. The van der Waals surface area contributed by atoms with Crippen molar-refractivity contribution in [3.63, 3.8) is 0 Å². The minimum atomic E-state index is -4.73. The molecule has 0 aromatic carbocycles. The van der Waals surface area contributed by atoms with Gasteiger partial charge in [0.15, 0.2) is 5.92 Å². The van der Waals surface area contributed by atoms with E-state index >= 15 is 0 Å². The lowest BCUT2D eigenvalue weighted by Crippen LogP contribution is -2.45. The molecular formula is C10H18F3NO3. The molecule has 0 heterocycles. The van der Waals surface area contributed by atoms with Gasteiger partial charge in [-0.25, -0.2) is 0 Å². The molecule has 1 N–H and O–H groups in total. The number of alkyl halides is 3. The summed E-state index contributed by atoms with van der Waals surface area (Å²) in [6.07, 6.45) is -4.73. The van der Waals surface area contributed by atoms with Crippen molar-refractivity contribution in [2.24, 2.45) is 5.92 Å². The van der Waals surface area contributed by atoms with Gasteiger partial charge in [0, 0.05) is 26.2 Å². The summed E-state index contributed by atoms with van der Waals surface area (Å²) in [6, 6.07) is -0.172. The number of methoxy groups -OCH3 is 1. The fourth-order valence-electron chi connectivity index (χ4n) is 1.32. The average Bonchev–Trinajstić information content (AvgIpc) is 2.14. The maximum absolute atomic E-state index is 12.5. The van der Waals surface area contributed by atoms with E-state index in [4.69, 9.17) is 9.84 Å². The van der Waals surface area contributed by atoms with E-state index in [1.807, 2.05) is 0 Å². The molecule has 1 atom stereocenters. The Balaban J connectivity index is 4.63. The number of nitrogens with zero attached hydrogens (tertiary/aromatic N) is 1. The van der Waals surface area contributed by atoms with E-state index < -0.39 is 24.6 Å². The molecule has 7 heteroatoms. The number of ether oxygens (including phenoxy) is 1. The third kappa shape index (κ3) is 5.88. The summed E-state index contributed by atoms with van der Waals surface area (Å²) >= 11 is 0. The molecular weight excluding hydrogens is 239 g/mol. The summed E-state index contributed by atoms with van der Waals surface area (Å²) in [6.45, 7) is 3.41. The Kier molecular flexibility index (Phi) is 6.48. The third-order valence-corrected chi connectivity index (χ3v) is 2.42. The van der Waals surface area contributed by atoms with Crippen LogP contribution >= 0.6 is 0 Å². The van der Waals surface area contributed by atoms with E-state index in [9.17, 15) is 18.0 Å². The van der Waals surface area contributed by atoms with Crippen LogP contribution in [0.25, 0.3) is 0 Å². The molecule has 0 amide bonds. The van der Waals surface area contributed by atoms with Gasteiger partial charge in [0.1, 0.15) is 0 Å². The second kappa shape index (κ2) is 6.80. The molecule has 102 valence electrons. The molecule has 0 aromatic heterocycles. The van der Waals surface area contributed by atoms with Gasteiger partial charge in [-0.2, -0.15) is 13.2 Å². The fraction of sp³-hybridized carbons (Fsp3) is 0.900.